The van der Waals surface area contributed by atoms with Gasteiger partial charge in [0.15, 0.2) is 0 Å². The maximum atomic E-state index is 10.6. The number of piperidine rings is 2. The number of nitrogens with zero attached hydrogens (tertiary/aromatic N) is 1. The van der Waals surface area contributed by atoms with Gasteiger partial charge in [-0.25, -0.2) is 0 Å². The molecule has 4 nitrogen and oxygen atoms in total. The quantitative estimate of drug-likeness (QED) is 0.818. The van der Waals surface area contributed by atoms with Crippen molar-refractivity contribution in [3.05, 3.63) is 24.2 Å². The van der Waals surface area contributed by atoms with E-state index in [-0.39, 0.29) is 6.04 Å². The topological polar surface area (TPSA) is 56.8 Å². The van der Waals surface area contributed by atoms with Gasteiger partial charge >= 0.3 is 0 Å². The fourth-order valence-electron chi connectivity index (χ4n) is 3.77. The molecule has 2 aliphatic heterocycles. The number of rotatable bonds is 1. The van der Waals surface area contributed by atoms with Crippen molar-refractivity contribution >= 4 is 0 Å². The molecule has 0 saturated carbocycles. The highest BCUT2D eigenvalue weighted by Gasteiger charge is 2.49. The standard InChI is InChI=1S/C15H23NO3/c1-10-3-4-13(11-6-8-19-9-11)16-12(10)5-7-15(2,18)14(16)17/h6,8-10,12-14,17-18H,3-5,7H2,1-2H3. The summed E-state index contributed by atoms with van der Waals surface area (Å²) in [4.78, 5) is 2.11. The Morgan fingerprint density at radius 3 is 2.84 bits per heavy atom. The molecule has 0 spiro atoms. The SMILES string of the molecule is CC1CCC(c2ccoc2)N2C1CCC(C)(O)C2O. The van der Waals surface area contributed by atoms with Crippen molar-refractivity contribution in [1.82, 2.24) is 4.90 Å². The second-order valence-electron chi connectivity index (χ2n) is 6.41. The Morgan fingerprint density at radius 2 is 2.16 bits per heavy atom. The summed E-state index contributed by atoms with van der Waals surface area (Å²) in [5, 5.41) is 20.9. The van der Waals surface area contributed by atoms with Gasteiger partial charge in [-0.05, 0) is 44.6 Å². The predicted molar refractivity (Wildman–Crippen MR) is 71.3 cm³/mol. The minimum atomic E-state index is -1.02. The average Bonchev–Trinajstić information content (AvgIpc) is 2.88. The van der Waals surface area contributed by atoms with Crippen LogP contribution in [0, 0.1) is 5.92 Å². The summed E-state index contributed by atoms with van der Waals surface area (Å²) in [5.41, 5.74) is 0.0869. The molecule has 0 bridgehead atoms. The lowest BCUT2D eigenvalue weighted by Crippen LogP contribution is -2.62. The first-order valence-corrected chi connectivity index (χ1v) is 7.20. The Hall–Kier alpha value is -0.840. The van der Waals surface area contributed by atoms with Crippen molar-refractivity contribution < 1.29 is 14.6 Å². The molecule has 0 aliphatic carbocycles. The maximum absolute atomic E-state index is 10.6. The van der Waals surface area contributed by atoms with Crippen LogP contribution in [0.15, 0.2) is 23.0 Å². The van der Waals surface area contributed by atoms with Gasteiger partial charge in [0, 0.05) is 17.6 Å². The summed E-state index contributed by atoms with van der Waals surface area (Å²) in [6.07, 6.45) is 6.41. The number of furan rings is 1. The van der Waals surface area contributed by atoms with Crippen LogP contribution in [-0.4, -0.2) is 33.0 Å². The normalized spacial score (nSPS) is 44.0. The van der Waals surface area contributed by atoms with Crippen molar-refractivity contribution in [1.29, 1.82) is 0 Å². The third-order valence-corrected chi connectivity index (χ3v) is 5.01. The molecule has 2 saturated heterocycles. The molecule has 0 aromatic carbocycles. The zero-order valence-electron chi connectivity index (χ0n) is 11.6. The van der Waals surface area contributed by atoms with Gasteiger partial charge in [0.25, 0.3) is 0 Å². The first kappa shape index (κ1) is 13.2. The lowest BCUT2D eigenvalue weighted by atomic mass is 9.76. The van der Waals surface area contributed by atoms with Gasteiger partial charge in [-0.1, -0.05) is 6.92 Å². The van der Waals surface area contributed by atoms with Crippen LogP contribution >= 0.6 is 0 Å². The molecular weight excluding hydrogens is 242 g/mol. The van der Waals surface area contributed by atoms with E-state index in [0.29, 0.717) is 18.4 Å². The second-order valence-corrected chi connectivity index (χ2v) is 6.41. The van der Waals surface area contributed by atoms with Crippen LogP contribution in [0.1, 0.15) is 51.1 Å². The number of aliphatic hydroxyl groups excluding tert-OH is 1. The van der Waals surface area contributed by atoms with E-state index in [0.717, 1.165) is 24.8 Å². The first-order chi connectivity index (χ1) is 9.00. The van der Waals surface area contributed by atoms with Crippen molar-refractivity contribution in [3.63, 3.8) is 0 Å². The Balaban J connectivity index is 1.94. The highest BCUT2D eigenvalue weighted by Crippen LogP contribution is 2.45. The molecule has 5 unspecified atom stereocenters. The van der Waals surface area contributed by atoms with Crippen LogP contribution in [-0.2, 0) is 0 Å². The molecule has 1 aromatic heterocycles. The minimum Gasteiger partial charge on any atom is -0.472 e. The van der Waals surface area contributed by atoms with E-state index in [1.165, 1.54) is 0 Å². The van der Waals surface area contributed by atoms with Crippen LogP contribution in [0.2, 0.25) is 0 Å². The zero-order valence-corrected chi connectivity index (χ0v) is 11.6. The van der Waals surface area contributed by atoms with Crippen LogP contribution in [0.4, 0.5) is 0 Å². The molecule has 4 heteroatoms. The van der Waals surface area contributed by atoms with Gasteiger partial charge in [0.1, 0.15) is 11.8 Å². The Labute approximate surface area is 114 Å². The minimum absolute atomic E-state index is 0.154. The Morgan fingerprint density at radius 1 is 1.37 bits per heavy atom. The summed E-state index contributed by atoms with van der Waals surface area (Å²) < 4.78 is 5.19. The molecule has 106 valence electrons. The summed E-state index contributed by atoms with van der Waals surface area (Å²) >= 11 is 0. The molecule has 19 heavy (non-hydrogen) atoms. The molecule has 2 fully saturated rings. The second kappa shape index (κ2) is 4.62. The van der Waals surface area contributed by atoms with Crippen LogP contribution < -0.4 is 0 Å². The third kappa shape index (κ3) is 2.12. The van der Waals surface area contributed by atoms with Gasteiger partial charge in [-0.15, -0.1) is 0 Å². The maximum Gasteiger partial charge on any atom is 0.136 e. The molecule has 5 atom stereocenters. The van der Waals surface area contributed by atoms with E-state index < -0.39 is 11.8 Å². The van der Waals surface area contributed by atoms with Crippen molar-refractivity contribution in [3.8, 4) is 0 Å². The Bertz CT molecular complexity index is 427. The third-order valence-electron chi connectivity index (χ3n) is 5.01. The summed E-state index contributed by atoms with van der Waals surface area (Å²) in [6, 6.07) is 2.47. The number of hydrogen-bond donors (Lipinski definition) is 2. The number of aliphatic hydroxyl groups is 2. The fourth-order valence-corrected chi connectivity index (χ4v) is 3.77. The summed E-state index contributed by atoms with van der Waals surface area (Å²) in [7, 11) is 0. The van der Waals surface area contributed by atoms with E-state index in [2.05, 4.69) is 11.8 Å². The van der Waals surface area contributed by atoms with E-state index in [1.807, 2.05) is 6.07 Å². The summed E-state index contributed by atoms with van der Waals surface area (Å²) in [5.74, 6) is 0.564. The van der Waals surface area contributed by atoms with Gasteiger partial charge in [0.2, 0.25) is 0 Å². The van der Waals surface area contributed by atoms with E-state index >= 15 is 0 Å². The average molecular weight is 265 g/mol. The van der Waals surface area contributed by atoms with Crippen molar-refractivity contribution in [2.75, 3.05) is 0 Å². The lowest BCUT2D eigenvalue weighted by molar-refractivity contribution is -0.213. The molecule has 3 heterocycles. The van der Waals surface area contributed by atoms with Crippen LogP contribution in [0.25, 0.3) is 0 Å². The smallest absolute Gasteiger partial charge is 0.136 e. The predicted octanol–water partition coefficient (Wildman–Crippen LogP) is 2.28. The van der Waals surface area contributed by atoms with Crippen LogP contribution in [0.3, 0.4) is 0 Å². The molecule has 0 radical (unpaired) electrons. The van der Waals surface area contributed by atoms with E-state index in [1.54, 1.807) is 19.5 Å². The zero-order chi connectivity index (χ0) is 13.6. The fraction of sp³-hybridized carbons (Fsp3) is 0.733. The number of fused-ring (bicyclic) bond motifs is 1. The molecular formula is C15H23NO3. The van der Waals surface area contributed by atoms with Crippen molar-refractivity contribution in [2.24, 2.45) is 5.92 Å². The molecule has 1 aromatic rings. The van der Waals surface area contributed by atoms with E-state index in [4.69, 9.17) is 4.42 Å². The van der Waals surface area contributed by atoms with Gasteiger partial charge in [-0.2, -0.15) is 0 Å². The first-order valence-electron chi connectivity index (χ1n) is 7.20. The summed E-state index contributed by atoms with van der Waals surface area (Å²) in [6.45, 7) is 3.98. The largest absolute Gasteiger partial charge is 0.472 e. The van der Waals surface area contributed by atoms with Crippen molar-refractivity contribution in [2.45, 2.75) is 63.4 Å². The lowest BCUT2D eigenvalue weighted by Gasteiger charge is -2.54. The van der Waals surface area contributed by atoms with Gasteiger partial charge in [-0.3, -0.25) is 4.90 Å². The highest BCUT2D eigenvalue weighted by atomic mass is 16.4. The Kier molecular flexibility index (Phi) is 3.20. The molecule has 0 amide bonds. The van der Waals surface area contributed by atoms with Gasteiger partial charge < -0.3 is 14.6 Å². The molecule has 2 N–H and O–H groups in total. The highest BCUT2D eigenvalue weighted by molar-refractivity contribution is 5.15. The number of hydrogen-bond acceptors (Lipinski definition) is 4. The van der Waals surface area contributed by atoms with Crippen LogP contribution in [0.5, 0.6) is 0 Å². The monoisotopic (exact) mass is 265 g/mol. The molecule has 3 rings (SSSR count). The molecule has 2 aliphatic rings. The van der Waals surface area contributed by atoms with Gasteiger partial charge in [0.05, 0.1) is 12.5 Å². The van der Waals surface area contributed by atoms with E-state index in [9.17, 15) is 10.2 Å².